The lowest BCUT2D eigenvalue weighted by atomic mass is 10.1. The van der Waals surface area contributed by atoms with E-state index in [4.69, 9.17) is 9.47 Å². The minimum atomic E-state index is 0.594. The first-order chi connectivity index (χ1) is 10.8. The van der Waals surface area contributed by atoms with Gasteiger partial charge in [-0.1, -0.05) is 0 Å². The molecule has 0 amide bonds. The molecule has 1 aromatic heterocycles. The second-order valence-electron chi connectivity index (χ2n) is 5.52. The van der Waals surface area contributed by atoms with E-state index in [0.29, 0.717) is 5.92 Å². The van der Waals surface area contributed by atoms with Gasteiger partial charge in [0.2, 0.25) is 0 Å². The van der Waals surface area contributed by atoms with Gasteiger partial charge in [-0.2, -0.15) is 0 Å². The highest BCUT2D eigenvalue weighted by atomic mass is 32.1. The van der Waals surface area contributed by atoms with Crippen molar-refractivity contribution in [3.05, 3.63) is 21.9 Å². The van der Waals surface area contributed by atoms with Crippen molar-refractivity contribution in [1.29, 1.82) is 0 Å². The van der Waals surface area contributed by atoms with Gasteiger partial charge in [-0.25, -0.2) is 0 Å². The van der Waals surface area contributed by atoms with Gasteiger partial charge >= 0.3 is 0 Å². The van der Waals surface area contributed by atoms with Crippen LogP contribution in [-0.4, -0.2) is 46.0 Å². The lowest BCUT2D eigenvalue weighted by Crippen LogP contribution is -2.37. The van der Waals surface area contributed by atoms with Gasteiger partial charge in [0.15, 0.2) is 5.96 Å². The standard InChI is InChI=1S/C16H27N3O2S/c1-13-4-5-15(22-13)10-19-16(17-2)18-7-3-8-20-11-14-6-9-21-12-14/h4-5,14H,3,6-12H2,1-2H3,(H2,17,18,19). The van der Waals surface area contributed by atoms with Gasteiger partial charge in [0.05, 0.1) is 19.8 Å². The largest absolute Gasteiger partial charge is 0.381 e. The quantitative estimate of drug-likeness (QED) is 0.437. The summed E-state index contributed by atoms with van der Waals surface area (Å²) in [5.41, 5.74) is 0. The average molecular weight is 325 g/mol. The smallest absolute Gasteiger partial charge is 0.191 e. The zero-order valence-corrected chi connectivity index (χ0v) is 14.4. The van der Waals surface area contributed by atoms with Crippen LogP contribution in [0.2, 0.25) is 0 Å². The Morgan fingerprint density at radius 2 is 2.36 bits per heavy atom. The molecule has 124 valence electrons. The summed E-state index contributed by atoms with van der Waals surface area (Å²) in [5.74, 6) is 1.44. The molecule has 0 spiro atoms. The summed E-state index contributed by atoms with van der Waals surface area (Å²) in [5, 5.41) is 6.64. The van der Waals surface area contributed by atoms with Crippen LogP contribution < -0.4 is 10.6 Å². The van der Waals surface area contributed by atoms with E-state index in [9.17, 15) is 0 Å². The maximum absolute atomic E-state index is 5.69. The Morgan fingerprint density at radius 1 is 1.45 bits per heavy atom. The number of hydrogen-bond donors (Lipinski definition) is 2. The molecule has 1 unspecified atom stereocenters. The average Bonchev–Trinajstić information content (AvgIpc) is 3.17. The van der Waals surface area contributed by atoms with Crippen LogP contribution in [-0.2, 0) is 16.0 Å². The maximum atomic E-state index is 5.69. The van der Waals surface area contributed by atoms with Gasteiger partial charge in [-0.15, -0.1) is 11.3 Å². The molecule has 1 aromatic rings. The van der Waals surface area contributed by atoms with E-state index in [1.807, 2.05) is 11.3 Å². The van der Waals surface area contributed by atoms with E-state index in [-0.39, 0.29) is 0 Å². The van der Waals surface area contributed by atoms with Gasteiger partial charge in [-0.05, 0) is 31.9 Å². The third-order valence-corrected chi connectivity index (χ3v) is 4.59. The predicted molar refractivity (Wildman–Crippen MR) is 91.6 cm³/mol. The van der Waals surface area contributed by atoms with E-state index >= 15 is 0 Å². The van der Waals surface area contributed by atoms with Crippen LogP contribution in [0.4, 0.5) is 0 Å². The normalized spacial score (nSPS) is 18.6. The van der Waals surface area contributed by atoms with E-state index in [1.165, 1.54) is 9.75 Å². The molecule has 6 heteroatoms. The summed E-state index contributed by atoms with van der Waals surface area (Å²) < 4.78 is 11.0. The fourth-order valence-corrected chi connectivity index (χ4v) is 3.15. The summed E-state index contributed by atoms with van der Waals surface area (Å²) >= 11 is 1.81. The van der Waals surface area contributed by atoms with Crippen LogP contribution >= 0.6 is 11.3 Å². The molecule has 1 aliphatic rings. The molecule has 0 radical (unpaired) electrons. The Kier molecular flexibility index (Phi) is 7.70. The minimum Gasteiger partial charge on any atom is -0.381 e. The molecule has 2 N–H and O–H groups in total. The summed E-state index contributed by atoms with van der Waals surface area (Å²) in [6, 6.07) is 4.30. The molecule has 2 rings (SSSR count). The monoisotopic (exact) mass is 325 g/mol. The zero-order valence-electron chi connectivity index (χ0n) is 13.6. The summed E-state index contributed by atoms with van der Waals surface area (Å²) in [4.78, 5) is 6.89. The Hall–Kier alpha value is -1.11. The third-order valence-electron chi connectivity index (χ3n) is 3.59. The van der Waals surface area contributed by atoms with Crippen molar-refractivity contribution in [3.8, 4) is 0 Å². The Bertz CT molecular complexity index is 456. The number of aliphatic imine (C=N–C) groups is 1. The van der Waals surface area contributed by atoms with Crippen molar-refractivity contribution >= 4 is 17.3 Å². The highest BCUT2D eigenvalue weighted by Crippen LogP contribution is 2.14. The van der Waals surface area contributed by atoms with Crippen LogP contribution in [0, 0.1) is 12.8 Å². The molecule has 2 heterocycles. The maximum Gasteiger partial charge on any atom is 0.191 e. The number of guanidine groups is 1. The Morgan fingerprint density at radius 3 is 3.05 bits per heavy atom. The van der Waals surface area contributed by atoms with E-state index in [1.54, 1.807) is 7.05 Å². The van der Waals surface area contributed by atoms with Crippen LogP contribution in [0.15, 0.2) is 17.1 Å². The zero-order chi connectivity index (χ0) is 15.6. The van der Waals surface area contributed by atoms with Crippen molar-refractivity contribution in [2.24, 2.45) is 10.9 Å². The minimum absolute atomic E-state index is 0.594. The van der Waals surface area contributed by atoms with Gasteiger partial charge < -0.3 is 20.1 Å². The topological polar surface area (TPSA) is 54.9 Å². The third kappa shape index (κ3) is 6.34. The summed E-state index contributed by atoms with van der Waals surface area (Å²) in [6.07, 6.45) is 2.11. The molecule has 0 aromatic carbocycles. The van der Waals surface area contributed by atoms with Gasteiger partial charge in [0.1, 0.15) is 0 Å². The first-order valence-electron chi connectivity index (χ1n) is 7.93. The van der Waals surface area contributed by atoms with Crippen molar-refractivity contribution in [2.75, 3.05) is 40.0 Å². The second kappa shape index (κ2) is 9.82. The first kappa shape index (κ1) is 17.2. The number of thiophene rings is 1. The summed E-state index contributed by atoms with van der Waals surface area (Å²) in [6.45, 7) is 7.16. The molecule has 0 saturated carbocycles. The highest BCUT2D eigenvalue weighted by Gasteiger charge is 2.15. The molecule has 0 aliphatic carbocycles. The molecule has 1 aliphatic heterocycles. The fourth-order valence-electron chi connectivity index (χ4n) is 2.32. The number of nitrogens with zero attached hydrogens (tertiary/aromatic N) is 1. The number of hydrogen-bond acceptors (Lipinski definition) is 4. The Balaban J connectivity index is 1.50. The van der Waals surface area contributed by atoms with Gasteiger partial charge in [-0.3, -0.25) is 4.99 Å². The van der Waals surface area contributed by atoms with Crippen molar-refractivity contribution in [3.63, 3.8) is 0 Å². The second-order valence-corrected chi connectivity index (χ2v) is 6.90. The lowest BCUT2D eigenvalue weighted by Gasteiger charge is -2.12. The van der Waals surface area contributed by atoms with E-state index < -0.39 is 0 Å². The fraction of sp³-hybridized carbons (Fsp3) is 0.688. The number of rotatable bonds is 8. The molecule has 1 fully saturated rings. The molecule has 1 saturated heterocycles. The van der Waals surface area contributed by atoms with Gasteiger partial charge in [0, 0.05) is 42.5 Å². The highest BCUT2D eigenvalue weighted by molar-refractivity contribution is 7.11. The van der Waals surface area contributed by atoms with E-state index in [2.05, 4.69) is 34.7 Å². The SMILES string of the molecule is CN=C(NCCCOCC1CCOC1)NCc1ccc(C)s1. The van der Waals surface area contributed by atoms with Gasteiger partial charge in [0.25, 0.3) is 0 Å². The molecule has 5 nitrogen and oxygen atoms in total. The Labute approximate surface area is 137 Å². The summed E-state index contributed by atoms with van der Waals surface area (Å²) in [7, 11) is 1.80. The first-order valence-corrected chi connectivity index (χ1v) is 8.75. The number of nitrogens with one attached hydrogen (secondary N) is 2. The van der Waals surface area contributed by atoms with Crippen LogP contribution in [0.25, 0.3) is 0 Å². The van der Waals surface area contributed by atoms with Crippen molar-refractivity contribution < 1.29 is 9.47 Å². The number of ether oxygens (including phenoxy) is 2. The molecule has 1 atom stereocenters. The molecule has 0 bridgehead atoms. The number of aryl methyl sites for hydroxylation is 1. The molecule has 22 heavy (non-hydrogen) atoms. The predicted octanol–water partition coefficient (Wildman–Crippen LogP) is 2.16. The molecular formula is C16H27N3O2S. The van der Waals surface area contributed by atoms with Crippen LogP contribution in [0.5, 0.6) is 0 Å². The van der Waals surface area contributed by atoms with Crippen LogP contribution in [0.1, 0.15) is 22.6 Å². The van der Waals surface area contributed by atoms with Crippen molar-refractivity contribution in [1.82, 2.24) is 10.6 Å². The van der Waals surface area contributed by atoms with Crippen LogP contribution in [0.3, 0.4) is 0 Å². The van der Waals surface area contributed by atoms with Crippen molar-refractivity contribution in [2.45, 2.75) is 26.3 Å². The molecular weight excluding hydrogens is 298 g/mol. The lowest BCUT2D eigenvalue weighted by molar-refractivity contribution is 0.0888. The van der Waals surface area contributed by atoms with E-state index in [0.717, 1.165) is 58.3 Å².